The van der Waals surface area contributed by atoms with Crippen LogP contribution in [0, 0.1) is 11.8 Å². The van der Waals surface area contributed by atoms with Gasteiger partial charge in [0, 0.05) is 47.3 Å². The highest BCUT2D eigenvalue weighted by molar-refractivity contribution is 5.97. The van der Waals surface area contributed by atoms with Gasteiger partial charge in [-0.05, 0) is 30.3 Å². The fourth-order valence-corrected chi connectivity index (χ4v) is 4.83. The number of aliphatic hydroxyl groups is 1. The molecule has 2 N–H and O–H groups in total. The summed E-state index contributed by atoms with van der Waals surface area (Å²) < 4.78 is 57.3. The van der Waals surface area contributed by atoms with Gasteiger partial charge in [-0.15, -0.1) is 0 Å². The zero-order valence-corrected chi connectivity index (χ0v) is 17.2. The van der Waals surface area contributed by atoms with Crippen molar-refractivity contribution in [3.05, 3.63) is 58.9 Å². The summed E-state index contributed by atoms with van der Waals surface area (Å²) in [6.45, 7) is -5.17. The van der Waals surface area contributed by atoms with Crippen molar-refractivity contribution >= 4 is 16.9 Å². The number of nitrogens with zero attached hydrogens (tertiary/aromatic N) is 3. The number of benzene rings is 2. The number of carbonyl (C=O) groups is 1. The lowest BCUT2D eigenvalue weighted by Crippen LogP contribution is -2.58. The molecule has 1 fully saturated rings. The smallest absolute Gasteiger partial charge is 0.387 e. The number of halogens is 2. The molecule has 0 saturated carbocycles. The van der Waals surface area contributed by atoms with Crippen LogP contribution in [0.25, 0.3) is 11.0 Å². The molecule has 0 radical (unpaired) electrons. The highest BCUT2D eigenvalue weighted by Gasteiger charge is 2.45. The summed E-state index contributed by atoms with van der Waals surface area (Å²) in [5.74, 6) is 5.20. The molecular weight excluding hydrogens is 430 g/mol. The Morgan fingerprint density at radius 3 is 2.91 bits per heavy atom. The zero-order valence-electron chi connectivity index (χ0n) is 20.2. The quantitative estimate of drug-likeness (QED) is 0.583. The van der Waals surface area contributed by atoms with E-state index in [2.05, 4.69) is 22.1 Å². The van der Waals surface area contributed by atoms with E-state index in [1.807, 2.05) is 0 Å². The SMILES string of the molecule is [2H]C([2H])([2H])N1C(=O)c2cccc(OC(F)F)c2[C@H]2C[C@@H]1c1nc3ccc(C#CC4(O)CNC4)cc3n12. The second kappa shape index (κ2) is 7.01. The molecule has 3 aliphatic heterocycles. The Hall–Kier alpha value is -3.48. The third-order valence-corrected chi connectivity index (χ3v) is 6.42. The first-order chi connectivity index (χ1) is 17.1. The number of rotatable bonds is 2. The summed E-state index contributed by atoms with van der Waals surface area (Å²) in [6.07, 6.45) is 0.139. The molecule has 3 aliphatic rings. The number of aromatic nitrogens is 2. The van der Waals surface area contributed by atoms with Gasteiger partial charge in [0.15, 0.2) is 0 Å². The van der Waals surface area contributed by atoms with Gasteiger partial charge in [0.05, 0.1) is 23.1 Å². The first kappa shape index (κ1) is 17.1. The molecule has 33 heavy (non-hydrogen) atoms. The second-order valence-electron chi connectivity index (χ2n) is 8.47. The van der Waals surface area contributed by atoms with Crippen molar-refractivity contribution in [2.75, 3.05) is 20.1 Å². The topological polar surface area (TPSA) is 79.6 Å². The van der Waals surface area contributed by atoms with Crippen molar-refractivity contribution in [2.45, 2.75) is 30.7 Å². The van der Waals surface area contributed by atoms with Gasteiger partial charge >= 0.3 is 6.61 Å². The maximum atomic E-state index is 13.4. The van der Waals surface area contributed by atoms with Gasteiger partial charge in [-0.2, -0.15) is 8.78 Å². The number of nitrogens with one attached hydrogen (secondary N) is 1. The third-order valence-electron chi connectivity index (χ3n) is 6.42. The lowest BCUT2D eigenvalue weighted by molar-refractivity contribution is -0.0507. The molecule has 1 saturated heterocycles. The van der Waals surface area contributed by atoms with Crippen molar-refractivity contribution in [2.24, 2.45) is 0 Å². The van der Waals surface area contributed by atoms with Gasteiger partial charge in [0.1, 0.15) is 17.2 Å². The van der Waals surface area contributed by atoms with E-state index in [1.54, 1.807) is 22.8 Å². The molecule has 2 atom stereocenters. The van der Waals surface area contributed by atoms with Crippen LogP contribution in [0.15, 0.2) is 36.4 Å². The Morgan fingerprint density at radius 2 is 2.18 bits per heavy atom. The van der Waals surface area contributed by atoms with E-state index in [4.69, 9.17) is 8.85 Å². The number of alkyl halides is 2. The summed E-state index contributed by atoms with van der Waals surface area (Å²) in [6, 6.07) is 7.84. The Labute approximate surface area is 192 Å². The fourth-order valence-electron chi connectivity index (χ4n) is 4.83. The van der Waals surface area contributed by atoms with Crippen molar-refractivity contribution in [1.82, 2.24) is 19.8 Å². The second-order valence-corrected chi connectivity index (χ2v) is 8.47. The number of hydrogen-bond donors (Lipinski definition) is 2. The van der Waals surface area contributed by atoms with Crippen molar-refractivity contribution < 1.29 is 27.5 Å². The van der Waals surface area contributed by atoms with E-state index < -0.39 is 37.2 Å². The lowest BCUT2D eigenvalue weighted by atomic mass is 9.97. The predicted molar refractivity (Wildman–Crippen MR) is 115 cm³/mol. The van der Waals surface area contributed by atoms with Crippen LogP contribution in [0.3, 0.4) is 0 Å². The van der Waals surface area contributed by atoms with Crippen molar-refractivity contribution in [3.8, 4) is 17.6 Å². The number of amides is 1. The van der Waals surface area contributed by atoms with Crippen molar-refractivity contribution in [1.29, 1.82) is 0 Å². The average molecular weight is 453 g/mol. The van der Waals surface area contributed by atoms with E-state index >= 15 is 0 Å². The molecule has 0 spiro atoms. The molecule has 6 rings (SSSR count). The first-order valence-electron chi connectivity index (χ1n) is 12.0. The largest absolute Gasteiger partial charge is 0.434 e. The Bertz CT molecular complexity index is 1470. The van der Waals surface area contributed by atoms with Crippen LogP contribution in [-0.4, -0.2) is 57.7 Å². The molecule has 1 aromatic heterocycles. The number of imidazole rings is 1. The van der Waals surface area contributed by atoms with Gasteiger partial charge < -0.3 is 24.6 Å². The number of fused-ring (bicyclic) bond motifs is 9. The fraction of sp³-hybridized carbons (Fsp3) is 0.333. The van der Waals surface area contributed by atoms with Gasteiger partial charge in [-0.3, -0.25) is 4.79 Å². The van der Waals surface area contributed by atoms with Crippen LogP contribution >= 0.6 is 0 Å². The highest BCUT2D eigenvalue weighted by Crippen LogP contribution is 2.49. The van der Waals surface area contributed by atoms with Gasteiger partial charge in [-0.25, -0.2) is 4.98 Å². The molecule has 0 aliphatic carbocycles. The van der Waals surface area contributed by atoms with Crippen LogP contribution in [0.2, 0.25) is 0 Å². The molecule has 0 unspecified atom stereocenters. The standard InChI is InChI=1S/C24H20F2N4O3/c1-29-18-10-17(20-14(22(29)31)3-2-4-19(20)33-23(25)26)30-16-9-13(5-6-15(16)28-21(18)30)7-8-24(32)11-27-12-24/h2-6,9,17-18,23,27,32H,10-12H2,1H3/t17-,18-/m1/s1/i1D3. The van der Waals surface area contributed by atoms with E-state index in [1.165, 1.54) is 18.2 Å². The van der Waals surface area contributed by atoms with E-state index in [-0.39, 0.29) is 23.3 Å². The minimum absolute atomic E-state index is 0.0000676. The Morgan fingerprint density at radius 1 is 1.33 bits per heavy atom. The summed E-state index contributed by atoms with van der Waals surface area (Å²) in [5, 5.41) is 13.2. The highest BCUT2D eigenvalue weighted by atomic mass is 19.3. The maximum absolute atomic E-state index is 13.4. The molecule has 3 aromatic rings. The van der Waals surface area contributed by atoms with Gasteiger partial charge in [-0.1, -0.05) is 17.9 Å². The summed E-state index contributed by atoms with van der Waals surface area (Å²) in [7, 11) is 0. The molecule has 2 bridgehead atoms. The number of β-amino-alcohol motifs (C(OH)–C–C–N with tert-alkyl or cyclic N) is 1. The summed E-state index contributed by atoms with van der Waals surface area (Å²) in [4.78, 5) is 18.9. The normalized spacial score (nSPS) is 24.1. The number of hydrogen-bond acceptors (Lipinski definition) is 5. The van der Waals surface area contributed by atoms with Crippen LogP contribution in [0.4, 0.5) is 8.78 Å². The molecule has 7 nitrogen and oxygen atoms in total. The lowest BCUT2D eigenvalue weighted by Gasteiger charge is -2.32. The number of ether oxygens (including phenoxy) is 1. The monoisotopic (exact) mass is 453 g/mol. The zero-order chi connectivity index (χ0) is 25.4. The summed E-state index contributed by atoms with van der Waals surface area (Å²) >= 11 is 0. The molecule has 9 heteroatoms. The Balaban J connectivity index is 1.57. The van der Waals surface area contributed by atoms with Gasteiger partial charge in [0.25, 0.3) is 5.91 Å². The molecular formula is C24H20F2N4O3. The van der Waals surface area contributed by atoms with Crippen LogP contribution in [0.5, 0.6) is 5.75 Å². The minimum atomic E-state index is -3.13. The van der Waals surface area contributed by atoms with Crippen LogP contribution in [0.1, 0.15) is 49.9 Å². The molecule has 1 amide bonds. The average Bonchev–Trinajstić information content (AvgIpc) is 3.28. The minimum Gasteiger partial charge on any atom is -0.434 e. The maximum Gasteiger partial charge on any atom is 0.387 e. The molecule has 2 aromatic carbocycles. The van der Waals surface area contributed by atoms with E-state index in [0.717, 1.165) is 4.90 Å². The molecule has 168 valence electrons. The number of carbonyl (C=O) groups excluding carboxylic acids is 1. The van der Waals surface area contributed by atoms with Crippen LogP contribution < -0.4 is 10.1 Å². The van der Waals surface area contributed by atoms with Crippen LogP contribution in [-0.2, 0) is 0 Å². The van der Waals surface area contributed by atoms with E-state index in [9.17, 15) is 18.7 Å². The van der Waals surface area contributed by atoms with Crippen molar-refractivity contribution in [3.63, 3.8) is 0 Å². The molecule has 4 heterocycles. The first-order valence-corrected chi connectivity index (χ1v) is 10.5. The van der Waals surface area contributed by atoms with Gasteiger partial charge in [0.2, 0.25) is 0 Å². The third kappa shape index (κ3) is 3.02. The predicted octanol–water partition coefficient (Wildman–Crippen LogP) is 2.44. The van der Waals surface area contributed by atoms with E-state index in [0.29, 0.717) is 35.5 Å². The summed E-state index contributed by atoms with van der Waals surface area (Å²) in [5.41, 5.74) is 0.863. The Kier molecular flexibility index (Phi) is 3.62.